The summed E-state index contributed by atoms with van der Waals surface area (Å²) in [6.45, 7) is 3.35. The fourth-order valence-electron chi connectivity index (χ4n) is 3.26. The maximum atomic E-state index is 13.3. The number of aromatic nitrogens is 2. The maximum Gasteiger partial charge on any atom is 0.267 e. The molecule has 1 aromatic carbocycles. The van der Waals surface area contributed by atoms with Crippen molar-refractivity contribution in [3.05, 3.63) is 51.1 Å². The average molecular weight is 373 g/mol. The van der Waals surface area contributed by atoms with Gasteiger partial charge in [-0.15, -0.1) is 11.3 Å². The number of thiophene rings is 1. The Morgan fingerprint density at radius 1 is 1.28 bits per heavy atom. The van der Waals surface area contributed by atoms with Crippen molar-refractivity contribution in [3.63, 3.8) is 0 Å². The first-order chi connectivity index (χ1) is 12.3. The number of fused-ring (bicyclic) bond motifs is 3. The quantitative estimate of drug-likeness (QED) is 0.372. The van der Waals surface area contributed by atoms with Gasteiger partial charge in [-0.25, -0.2) is 4.98 Å². The van der Waals surface area contributed by atoms with Crippen LogP contribution in [0.4, 0.5) is 0 Å². The minimum absolute atomic E-state index is 0.0644. The first-order valence-corrected chi connectivity index (χ1v) is 10.4. The van der Waals surface area contributed by atoms with E-state index in [9.17, 15) is 4.79 Å². The number of ether oxygens (including phenoxy) is 1. The van der Waals surface area contributed by atoms with E-state index in [4.69, 9.17) is 9.72 Å². The normalized spacial score (nSPS) is 13.5. The monoisotopic (exact) mass is 372 g/mol. The van der Waals surface area contributed by atoms with E-state index in [1.54, 1.807) is 27.7 Å². The number of rotatable bonds is 6. The van der Waals surface area contributed by atoms with Crippen molar-refractivity contribution in [2.45, 2.75) is 31.3 Å². The number of thioether (sulfide) groups is 1. The summed E-state index contributed by atoms with van der Waals surface area (Å²) in [6, 6.07) is 9.81. The predicted octanol–water partition coefficient (Wildman–Crippen LogP) is 4.06. The van der Waals surface area contributed by atoms with Crippen molar-refractivity contribution in [1.29, 1.82) is 0 Å². The number of benzene rings is 1. The largest absolute Gasteiger partial charge is 0.381 e. The van der Waals surface area contributed by atoms with Gasteiger partial charge < -0.3 is 4.74 Å². The molecule has 0 saturated heterocycles. The molecule has 6 heteroatoms. The molecule has 25 heavy (non-hydrogen) atoms. The zero-order valence-corrected chi connectivity index (χ0v) is 15.8. The molecule has 0 aliphatic heterocycles. The second-order valence-electron chi connectivity index (χ2n) is 5.95. The summed E-state index contributed by atoms with van der Waals surface area (Å²) in [7, 11) is 0. The Morgan fingerprint density at radius 3 is 2.92 bits per heavy atom. The summed E-state index contributed by atoms with van der Waals surface area (Å²) >= 11 is 3.28. The standard InChI is InChI=1S/C19H20N2O2S2/c1-2-23-11-12-24-19-20-17-16(14-9-6-10-15(14)25-17)18(22)21(19)13-7-4-3-5-8-13/h3-5,7-8H,2,6,9-12H2,1H3. The topological polar surface area (TPSA) is 44.1 Å². The van der Waals surface area contributed by atoms with E-state index in [1.165, 1.54) is 10.4 Å². The molecule has 130 valence electrons. The number of hydrogen-bond donors (Lipinski definition) is 0. The summed E-state index contributed by atoms with van der Waals surface area (Å²) in [5, 5.41) is 1.58. The molecule has 4 nitrogen and oxygen atoms in total. The minimum atomic E-state index is 0.0644. The van der Waals surface area contributed by atoms with E-state index < -0.39 is 0 Å². The highest BCUT2D eigenvalue weighted by Crippen LogP contribution is 2.36. The number of nitrogens with zero attached hydrogens (tertiary/aromatic N) is 2. The highest BCUT2D eigenvalue weighted by Gasteiger charge is 2.23. The molecular weight excluding hydrogens is 352 g/mol. The summed E-state index contributed by atoms with van der Waals surface area (Å²) in [6.07, 6.45) is 3.22. The smallest absolute Gasteiger partial charge is 0.267 e. The molecule has 0 N–H and O–H groups in total. The van der Waals surface area contributed by atoms with Crippen molar-refractivity contribution in [2.24, 2.45) is 0 Å². The third-order valence-electron chi connectivity index (χ3n) is 4.39. The van der Waals surface area contributed by atoms with E-state index in [-0.39, 0.29) is 5.56 Å². The molecule has 0 atom stereocenters. The van der Waals surface area contributed by atoms with Crippen molar-refractivity contribution in [2.75, 3.05) is 19.0 Å². The van der Waals surface area contributed by atoms with Gasteiger partial charge in [0.2, 0.25) is 0 Å². The van der Waals surface area contributed by atoms with Gasteiger partial charge in [-0.2, -0.15) is 0 Å². The van der Waals surface area contributed by atoms with Crippen LogP contribution < -0.4 is 5.56 Å². The molecule has 1 aliphatic rings. The fourth-order valence-corrected chi connectivity index (χ4v) is 5.43. The van der Waals surface area contributed by atoms with Crippen molar-refractivity contribution in [1.82, 2.24) is 9.55 Å². The third kappa shape index (κ3) is 3.14. The van der Waals surface area contributed by atoms with Crippen LogP contribution in [0, 0.1) is 0 Å². The molecule has 0 saturated carbocycles. The molecule has 0 unspecified atom stereocenters. The number of hydrogen-bond acceptors (Lipinski definition) is 5. The predicted molar refractivity (Wildman–Crippen MR) is 104 cm³/mol. The van der Waals surface area contributed by atoms with Gasteiger partial charge >= 0.3 is 0 Å². The van der Waals surface area contributed by atoms with Crippen molar-refractivity contribution >= 4 is 33.3 Å². The molecule has 0 radical (unpaired) electrons. The van der Waals surface area contributed by atoms with Crippen molar-refractivity contribution < 1.29 is 4.74 Å². The molecule has 0 amide bonds. The lowest BCUT2D eigenvalue weighted by molar-refractivity contribution is 0.164. The molecular formula is C19H20N2O2S2. The zero-order valence-electron chi connectivity index (χ0n) is 14.2. The SMILES string of the molecule is CCOCCSc1nc2sc3c(c2c(=O)n1-c1ccccc1)CCC3. The molecule has 0 fully saturated rings. The Hall–Kier alpha value is -1.63. The van der Waals surface area contributed by atoms with Crippen LogP contribution >= 0.6 is 23.1 Å². The van der Waals surface area contributed by atoms with Crippen LogP contribution in [0.5, 0.6) is 0 Å². The minimum Gasteiger partial charge on any atom is -0.381 e. The summed E-state index contributed by atoms with van der Waals surface area (Å²) in [4.78, 5) is 20.4. The Bertz CT molecular complexity index is 947. The zero-order chi connectivity index (χ0) is 17.2. The first-order valence-electron chi connectivity index (χ1n) is 8.63. The van der Waals surface area contributed by atoms with Crippen LogP contribution in [0.3, 0.4) is 0 Å². The van der Waals surface area contributed by atoms with Crippen molar-refractivity contribution in [3.8, 4) is 5.69 Å². The van der Waals surface area contributed by atoms with Crippen LogP contribution in [0.1, 0.15) is 23.8 Å². The Balaban J connectivity index is 1.85. The summed E-state index contributed by atoms with van der Waals surface area (Å²) < 4.78 is 7.20. The van der Waals surface area contributed by atoms with Crippen LogP contribution in [0.2, 0.25) is 0 Å². The molecule has 2 heterocycles. The molecule has 3 aromatic rings. The lowest BCUT2D eigenvalue weighted by atomic mass is 10.2. The fraction of sp³-hybridized carbons (Fsp3) is 0.368. The van der Waals surface area contributed by atoms with E-state index in [1.807, 2.05) is 37.3 Å². The van der Waals surface area contributed by atoms with Crippen LogP contribution in [0.25, 0.3) is 15.9 Å². The lowest BCUT2D eigenvalue weighted by Crippen LogP contribution is -2.22. The van der Waals surface area contributed by atoms with Gasteiger partial charge in [0, 0.05) is 17.2 Å². The van der Waals surface area contributed by atoms with Gasteiger partial charge in [-0.3, -0.25) is 9.36 Å². The highest BCUT2D eigenvalue weighted by molar-refractivity contribution is 7.99. The van der Waals surface area contributed by atoms with E-state index in [0.717, 1.165) is 46.1 Å². The first kappa shape index (κ1) is 16.8. The molecule has 2 aromatic heterocycles. The summed E-state index contributed by atoms with van der Waals surface area (Å²) in [5.74, 6) is 0.781. The average Bonchev–Trinajstić information content (AvgIpc) is 3.20. The molecule has 0 spiro atoms. The Labute approximate surface area is 154 Å². The Kier molecular flexibility index (Phi) is 4.92. The van der Waals surface area contributed by atoms with E-state index in [2.05, 4.69) is 0 Å². The van der Waals surface area contributed by atoms with Gasteiger partial charge in [0.15, 0.2) is 5.16 Å². The van der Waals surface area contributed by atoms with E-state index in [0.29, 0.717) is 13.2 Å². The number of para-hydroxylation sites is 1. The van der Waals surface area contributed by atoms with Gasteiger partial charge in [0.1, 0.15) is 4.83 Å². The third-order valence-corrected chi connectivity index (χ3v) is 6.47. The molecule has 0 bridgehead atoms. The van der Waals surface area contributed by atoms with Gasteiger partial charge in [0.05, 0.1) is 17.7 Å². The summed E-state index contributed by atoms with van der Waals surface area (Å²) in [5.41, 5.74) is 2.17. The highest BCUT2D eigenvalue weighted by atomic mass is 32.2. The molecule has 1 aliphatic carbocycles. The van der Waals surface area contributed by atoms with Crippen LogP contribution in [-0.4, -0.2) is 28.5 Å². The van der Waals surface area contributed by atoms with E-state index >= 15 is 0 Å². The van der Waals surface area contributed by atoms with Gasteiger partial charge in [0.25, 0.3) is 5.56 Å². The molecule has 4 rings (SSSR count). The Morgan fingerprint density at radius 2 is 2.12 bits per heavy atom. The maximum absolute atomic E-state index is 13.3. The second kappa shape index (κ2) is 7.32. The van der Waals surface area contributed by atoms with Gasteiger partial charge in [-0.1, -0.05) is 30.0 Å². The van der Waals surface area contributed by atoms with Gasteiger partial charge in [-0.05, 0) is 43.9 Å². The van der Waals surface area contributed by atoms with Crippen LogP contribution in [0.15, 0.2) is 40.3 Å². The second-order valence-corrected chi connectivity index (χ2v) is 8.10. The van der Waals surface area contributed by atoms with Crippen LogP contribution in [-0.2, 0) is 17.6 Å². The lowest BCUT2D eigenvalue weighted by Gasteiger charge is -2.12. The number of aryl methyl sites for hydroxylation is 2.